The van der Waals surface area contributed by atoms with Crippen LogP contribution < -0.4 is 4.74 Å². The molecule has 0 aliphatic heterocycles. The zero-order valence-corrected chi connectivity index (χ0v) is 9.15. The molecular weight excluding hydrogens is 214 g/mol. The van der Waals surface area contributed by atoms with Crippen molar-refractivity contribution in [1.29, 1.82) is 5.26 Å². The second-order valence-electron chi connectivity index (χ2n) is 2.73. The fourth-order valence-corrected chi connectivity index (χ4v) is 2.83. The Balaban J connectivity index is 2.87. The second kappa shape index (κ2) is 3.52. The average Bonchev–Trinajstić information content (AvgIpc) is 2.52. The molecule has 0 saturated carbocycles. The van der Waals surface area contributed by atoms with Gasteiger partial charge in [0.1, 0.15) is 10.3 Å². The van der Waals surface area contributed by atoms with Gasteiger partial charge in [-0.1, -0.05) is 6.07 Å². The van der Waals surface area contributed by atoms with Gasteiger partial charge >= 0.3 is 0 Å². The summed E-state index contributed by atoms with van der Waals surface area (Å²) in [5.74, 6) is 0.755. The van der Waals surface area contributed by atoms with Crippen molar-refractivity contribution in [2.24, 2.45) is 0 Å². The third kappa shape index (κ3) is 1.26. The van der Waals surface area contributed by atoms with E-state index < -0.39 is 0 Å². The molecule has 0 N–H and O–H groups in total. The first-order chi connectivity index (χ1) is 6.77. The lowest BCUT2D eigenvalue weighted by atomic mass is 10.2. The number of ether oxygens (including phenoxy) is 1. The van der Waals surface area contributed by atoms with Crippen LogP contribution in [0.2, 0.25) is 0 Å². The van der Waals surface area contributed by atoms with Crippen molar-refractivity contribution >= 4 is 34.1 Å². The van der Waals surface area contributed by atoms with Crippen molar-refractivity contribution in [3.05, 3.63) is 23.8 Å². The van der Waals surface area contributed by atoms with Crippen LogP contribution in [0.5, 0.6) is 5.75 Å². The maximum atomic E-state index is 8.90. The fraction of sp³-hybridized carbons (Fsp3) is 0.100. The third-order valence-corrected chi connectivity index (χ3v) is 3.48. The molecule has 0 atom stereocenters. The Hall–Kier alpha value is -1.18. The quantitative estimate of drug-likeness (QED) is 0.751. The third-order valence-electron chi connectivity index (χ3n) is 1.98. The van der Waals surface area contributed by atoms with Crippen LogP contribution in [0.4, 0.5) is 0 Å². The Morgan fingerprint density at radius 1 is 1.50 bits per heavy atom. The molecule has 0 bridgehead atoms. The first-order valence-corrected chi connectivity index (χ1v) is 5.23. The summed E-state index contributed by atoms with van der Waals surface area (Å²) in [4.78, 5) is 0. The number of rotatable bonds is 1. The first kappa shape index (κ1) is 9.38. The van der Waals surface area contributed by atoms with Gasteiger partial charge in [-0.15, -0.1) is 24.0 Å². The minimum Gasteiger partial charge on any atom is -0.494 e. The number of hydrogen-bond donors (Lipinski definition) is 1. The average molecular weight is 221 g/mol. The molecule has 0 saturated heterocycles. The van der Waals surface area contributed by atoms with E-state index in [4.69, 9.17) is 10.00 Å². The largest absolute Gasteiger partial charge is 0.494 e. The second-order valence-corrected chi connectivity index (χ2v) is 4.50. The molecule has 0 aliphatic carbocycles. The van der Waals surface area contributed by atoms with Gasteiger partial charge < -0.3 is 4.74 Å². The summed E-state index contributed by atoms with van der Waals surface area (Å²) in [7, 11) is 1.61. The summed E-state index contributed by atoms with van der Waals surface area (Å²) < 4.78 is 6.97. The predicted octanol–water partition coefficient (Wildman–Crippen LogP) is 3.07. The molecule has 0 fully saturated rings. The van der Waals surface area contributed by atoms with Crippen molar-refractivity contribution in [2.45, 2.75) is 4.21 Å². The van der Waals surface area contributed by atoms with E-state index in [9.17, 15) is 0 Å². The number of benzene rings is 1. The van der Waals surface area contributed by atoms with E-state index in [1.165, 1.54) is 11.3 Å². The highest BCUT2D eigenvalue weighted by Crippen LogP contribution is 2.41. The number of methoxy groups -OCH3 is 1. The summed E-state index contributed by atoms with van der Waals surface area (Å²) >= 11 is 5.78. The lowest BCUT2D eigenvalue weighted by Crippen LogP contribution is -1.81. The molecule has 2 nitrogen and oxygen atoms in total. The highest BCUT2D eigenvalue weighted by atomic mass is 32.2. The molecule has 0 spiro atoms. The smallest absolute Gasteiger partial charge is 0.150 e. The van der Waals surface area contributed by atoms with Crippen molar-refractivity contribution in [1.82, 2.24) is 0 Å². The highest BCUT2D eigenvalue weighted by molar-refractivity contribution is 7.83. The van der Waals surface area contributed by atoms with Gasteiger partial charge in [0.25, 0.3) is 0 Å². The summed E-state index contributed by atoms with van der Waals surface area (Å²) in [5, 5.41) is 9.86. The number of nitrogens with zero attached hydrogens (tertiary/aromatic N) is 1. The van der Waals surface area contributed by atoms with Crippen LogP contribution in [0.25, 0.3) is 10.1 Å². The molecule has 70 valence electrons. The van der Waals surface area contributed by atoms with Gasteiger partial charge in [0.05, 0.1) is 17.4 Å². The van der Waals surface area contributed by atoms with E-state index in [2.05, 4.69) is 18.7 Å². The molecule has 2 aromatic rings. The summed E-state index contributed by atoms with van der Waals surface area (Å²) in [6.07, 6.45) is 0. The van der Waals surface area contributed by atoms with Gasteiger partial charge in [0.2, 0.25) is 0 Å². The molecule has 1 aromatic heterocycles. The molecule has 0 aliphatic rings. The Morgan fingerprint density at radius 3 is 2.93 bits per heavy atom. The molecule has 14 heavy (non-hydrogen) atoms. The zero-order valence-electron chi connectivity index (χ0n) is 7.44. The molecular formula is C10H7NOS2. The van der Waals surface area contributed by atoms with E-state index in [1.54, 1.807) is 13.2 Å². The van der Waals surface area contributed by atoms with Gasteiger partial charge in [-0.25, -0.2) is 0 Å². The molecule has 2 rings (SSSR count). The van der Waals surface area contributed by atoms with Crippen molar-refractivity contribution in [3.63, 3.8) is 0 Å². The number of nitriles is 1. The van der Waals surface area contributed by atoms with Crippen molar-refractivity contribution in [2.75, 3.05) is 7.11 Å². The summed E-state index contributed by atoms with van der Waals surface area (Å²) in [5.41, 5.74) is 0.672. The molecule has 0 amide bonds. The van der Waals surface area contributed by atoms with Crippen LogP contribution in [0.15, 0.2) is 22.4 Å². The zero-order chi connectivity index (χ0) is 10.1. The normalized spacial score (nSPS) is 10.1. The first-order valence-electron chi connectivity index (χ1n) is 3.96. The predicted molar refractivity (Wildman–Crippen MR) is 60.3 cm³/mol. The van der Waals surface area contributed by atoms with E-state index in [-0.39, 0.29) is 0 Å². The maximum Gasteiger partial charge on any atom is 0.150 e. The van der Waals surface area contributed by atoms with Crippen LogP contribution in [0, 0.1) is 11.3 Å². The van der Waals surface area contributed by atoms with Crippen LogP contribution >= 0.6 is 24.0 Å². The number of thiol groups is 1. The highest BCUT2D eigenvalue weighted by Gasteiger charge is 2.12. The number of fused-ring (bicyclic) bond motifs is 1. The minimum atomic E-state index is 0.672. The molecule has 1 heterocycles. The van der Waals surface area contributed by atoms with E-state index in [0.717, 1.165) is 20.0 Å². The molecule has 0 radical (unpaired) electrons. The van der Waals surface area contributed by atoms with E-state index >= 15 is 0 Å². The topological polar surface area (TPSA) is 33.0 Å². The lowest BCUT2D eigenvalue weighted by Gasteiger charge is -1.97. The van der Waals surface area contributed by atoms with E-state index in [0.29, 0.717) is 5.56 Å². The van der Waals surface area contributed by atoms with Gasteiger partial charge in [0.15, 0.2) is 5.75 Å². The van der Waals surface area contributed by atoms with Crippen LogP contribution in [-0.2, 0) is 0 Å². The number of hydrogen-bond acceptors (Lipinski definition) is 4. The van der Waals surface area contributed by atoms with Crippen LogP contribution in [-0.4, -0.2) is 7.11 Å². The monoisotopic (exact) mass is 221 g/mol. The molecule has 4 heteroatoms. The fourth-order valence-electron chi connectivity index (χ4n) is 1.37. The van der Waals surface area contributed by atoms with Crippen LogP contribution in [0.1, 0.15) is 5.56 Å². The Bertz CT molecular complexity index is 525. The van der Waals surface area contributed by atoms with Crippen molar-refractivity contribution < 1.29 is 4.74 Å². The van der Waals surface area contributed by atoms with Gasteiger partial charge in [-0.3, -0.25) is 0 Å². The molecule has 0 unspecified atom stereocenters. The van der Waals surface area contributed by atoms with E-state index in [1.807, 2.05) is 12.1 Å². The standard InChI is InChI=1S/C10H7NOS2/c1-12-8-7-4-2-3-6(5-11)9(7)14-10(8)13/h2-4,13H,1H3. The van der Waals surface area contributed by atoms with Crippen LogP contribution in [0.3, 0.4) is 0 Å². The van der Waals surface area contributed by atoms with Gasteiger partial charge in [0, 0.05) is 5.39 Å². The Morgan fingerprint density at radius 2 is 2.29 bits per heavy atom. The lowest BCUT2D eigenvalue weighted by molar-refractivity contribution is 0.413. The summed E-state index contributed by atoms with van der Waals surface area (Å²) in [6, 6.07) is 7.74. The van der Waals surface area contributed by atoms with Gasteiger partial charge in [-0.05, 0) is 12.1 Å². The maximum absolute atomic E-state index is 8.90. The molecule has 1 aromatic carbocycles. The Labute approximate surface area is 91.1 Å². The summed E-state index contributed by atoms with van der Waals surface area (Å²) in [6.45, 7) is 0. The SMILES string of the molecule is COc1c(S)sc2c(C#N)cccc12. The Kier molecular flexibility index (Phi) is 2.36. The minimum absolute atomic E-state index is 0.672. The van der Waals surface area contributed by atoms with Gasteiger partial charge in [-0.2, -0.15) is 5.26 Å². The van der Waals surface area contributed by atoms with Crippen molar-refractivity contribution in [3.8, 4) is 11.8 Å². The number of thiophene rings is 1.